The van der Waals surface area contributed by atoms with Gasteiger partial charge in [-0.05, 0) is 42.9 Å². The van der Waals surface area contributed by atoms with Crippen LogP contribution in [0, 0.1) is 5.92 Å². The summed E-state index contributed by atoms with van der Waals surface area (Å²) in [4.78, 5) is 0. The fourth-order valence-corrected chi connectivity index (χ4v) is 2.77. The minimum atomic E-state index is 0.434. The van der Waals surface area contributed by atoms with Crippen LogP contribution in [-0.2, 0) is 4.74 Å². The van der Waals surface area contributed by atoms with Crippen LogP contribution < -0.4 is 5.32 Å². The van der Waals surface area contributed by atoms with Gasteiger partial charge in [-0.15, -0.1) is 0 Å². The second kappa shape index (κ2) is 7.88. The number of hydrogen-bond acceptors (Lipinski definition) is 2. The third-order valence-corrected chi connectivity index (χ3v) is 4.01. The van der Waals surface area contributed by atoms with Gasteiger partial charge in [0.2, 0.25) is 0 Å². The van der Waals surface area contributed by atoms with Gasteiger partial charge in [0.25, 0.3) is 0 Å². The maximum absolute atomic E-state index is 5.96. The summed E-state index contributed by atoms with van der Waals surface area (Å²) in [5, 5.41) is 4.51. The van der Waals surface area contributed by atoms with Crippen molar-refractivity contribution in [1.82, 2.24) is 5.32 Å². The fraction of sp³-hybridized carbons (Fsp3) is 0.625. The Bertz CT molecular complexity index is 360. The van der Waals surface area contributed by atoms with Gasteiger partial charge in [-0.2, -0.15) is 0 Å². The largest absolute Gasteiger partial charge is 0.381 e. The van der Waals surface area contributed by atoms with Crippen LogP contribution in [-0.4, -0.2) is 19.8 Å². The van der Waals surface area contributed by atoms with E-state index < -0.39 is 0 Å². The van der Waals surface area contributed by atoms with Crippen molar-refractivity contribution < 1.29 is 4.74 Å². The molecule has 1 saturated heterocycles. The number of rotatable bonds is 6. The average Bonchev–Trinajstić information content (AvgIpc) is 2.46. The Labute approximate surface area is 121 Å². The molecule has 0 radical (unpaired) electrons. The average molecular weight is 282 g/mol. The maximum Gasteiger partial charge on any atom is 0.0506 e. The number of hydrogen-bond donors (Lipinski definition) is 1. The van der Waals surface area contributed by atoms with Gasteiger partial charge in [-0.3, -0.25) is 0 Å². The van der Waals surface area contributed by atoms with Gasteiger partial charge in [0.1, 0.15) is 0 Å². The molecule has 1 aromatic carbocycles. The van der Waals surface area contributed by atoms with Crippen LogP contribution in [0.5, 0.6) is 0 Å². The lowest BCUT2D eigenvalue weighted by atomic mass is 9.99. The number of halogens is 1. The van der Waals surface area contributed by atoms with Crippen molar-refractivity contribution in [3.63, 3.8) is 0 Å². The van der Waals surface area contributed by atoms with Crippen LogP contribution in [0.3, 0.4) is 0 Å². The van der Waals surface area contributed by atoms with Crippen molar-refractivity contribution in [3.8, 4) is 0 Å². The van der Waals surface area contributed by atoms with Crippen molar-refractivity contribution in [2.75, 3.05) is 19.8 Å². The Hall–Kier alpha value is -0.570. The first-order chi connectivity index (χ1) is 9.29. The summed E-state index contributed by atoms with van der Waals surface area (Å²) in [5.41, 5.74) is 1.34. The van der Waals surface area contributed by atoms with Crippen molar-refractivity contribution in [2.45, 2.75) is 38.6 Å². The first-order valence-electron chi connectivity index (χ1n) is 7.36. The van der Waals surface area contributed by atoms with Crippen LogP contribution in [0.1, 0.15) is 44.2 Å². The zero-order valence-electron chi connectivity index (χ0n) is 11.7. The molecule has 1 heterocycles. The van der Waals surface area contributed by atoms with Crippen LogP contribution >= 0.6 is 11.6 Å². The van der Waals surface area contributed by atoms with E-state index in [2.05, 4.69) is 24.4 Å². The predicted molar refractivity (Wildman–Crippen MR) is 80.6 cm³/mol. The van der Waals surface area contributed by atoms with Crippen molar-refractivity contribution in [2.24, 2.45) is 5.92 Å². The van der Waals surface area contributed by atoms with Gasteiger partial charge in [0.05, 0.1) is 6.61 Å². The molecule has 1 aliphatic heterocycles. The monoisotopic (exact) mass is 281 g/mol. The number of benzene rings is 1. The van der Waals surface area contributed by atoms with E-state index in [4.69, 9.17) is 16.3 Å². The molecule has 19 heavy (non-hydrogen) atoms. The molecule has 106 valence electrons. The summed E-state index contributed by atoms with van der Waals surface area (Å²) in [6.45, 7) is 5.13. The molecule has 1 fully saturated rings. The molecule has 3 heteroatoms. The minimum absolute atomic E-state index is 0.434. The van der Waals surface area contributed by atoms with Crippen molar-refractivity contribution in [3.05, 3.63) is 34.9 Å². The third kappa shape index (κ3) is 4.79. The van der Waals surface area contributed by atoms with Gasteiger partial charge in [-0.1, -0.05) is 37.1 Å². The molecule has 0 aliphatic carbocycles. The summed E-state index contributed by atoms with van der Waals surface area (Å²) in [5.74, 6) is 0.667. The van der Waals surface area contributed by atoms with Crippen molar-refractivity contribution in [1.29, 1.82) is 0 Å². The van der Waals surface area contributed by atoms with Crippen LogP contribution in [0.2, 0.25) is 5.02 Å². The number of ether oxygens (including phenoxy) is 1. The molecule has 2 unspecified atom stereocenters. The summed E-state index contributed by atoms with van der Waals surface area (Å²) >= 11 is 5.96. The highest BCUT2D eigenvalue weighted by Crippen LogP contribution is 2.22. The second-order valence-electron chi connectivity index (χ2n) is 5.38. The van der Waals surface area contributed by atoms with E-state index in [1.165, 1.54) is 24.8 Å². The molecule has 0 saturated carbocycles. The SMILES string of the molecule is CCCC(NCC1CCCOC1)c1ccc(Cl)cc1. The first-order valence-corrected chi connectivity index (χ1v) is 7.74. The summed E-state index contributed by atoms with van der Waals surface area (Å²) < 4.78 is 5.54. The lowest BCUT2D eigenvalue weighted by Crippen LogP contribution is -2.31. The molecule has 2 rings (SSSR count). The van der Waals surface area contributed by atoms with Gasteiger partial charge >= 0.3 is 0 Å². The van der Waals surface area contributed by atoms with Crippen LogP contribution in [0.25, 0.3) is 0 Å². The highest BCUT2D eigenvalue weighted by atomic mass is 35.5. The molecule has 0 aromatic heterocycles. The Morgan fingerprint density at radius 3 is 2.79 bits per heavy atom. The van der Waals surface area contributed by atoms with E-state index in [0.29, 0.717) is 12.0 Å². The van der Waals surface area contributed by atoms with Crippen LogP contribution in [0.4, 0.5) is 0 Å². The van der Waals surface area contributed by atoms with Gasteiger partial charge in [0.15, 0.2) is 0 Å². The highest BCUT2D eigenvalue weighted by Gasteiger charge is 2.16. The first kappa shape index (κ1) is 14.8. The molecular weight excluding hydrogens is 258 g/mol. The van der Waals surface area contributed by atoms with Crippen molar-refractivity contribution >= 4 is 11.6 Å². The summed E-state index contributed by atoms with van der Waals surface area (Å²) in [7, 11) is 0. The standard InChI is InChI=1S/C16H24ClNO/c1-2-4-16(14-6-8-15(17)9-7-14)18-11-13-5-3-10-19-12-13/h6-9,13,16,18H,2-5,10-12H2,1H3. The maximum atomic E-state index is 5.96. The zero-order chi connectivity index (χ0) is 13.5. The third-order valence-electron chi connectivity index (χ3n) is 3.76. The van der Waals surface area contributed by atoms with Gasteiger partial charge in [0, 0.05) is 24.2 Å². The molecule has 1 aromatic rings. The lowest BCUT2D eigenvalue weighted by molar-refractivity contribution is 0.0536. The Kier molecular flexibility index (Phi) is 6.15. The Morgan fingerprint density at radius 1 is 1.37 bits per heavy atom. The van der Waals surface area contributed by atoms with Crippen LogP contribution in [0.15, 0.2) is 24.3 Å². The summed E-state index contributed by atoms with van der Waals surface area (Å²) in [6, 6.07) is 8.65. The molecule has 0 spiro atoms. The predicted octanol–water partition coefficient (Wildman–Crippen LogP) is 4.20. The van der Waals surface area contributed by atoms with Gasteiger partial charge in [-0.25, -0.2) is 0 Å². The second-order valence-corrected chi connectivity index (χ2v) is 5.82. The smallest absolute Gasteiger partial charge is 0.0506 e. The molecule has 0 amide bonds. The molecule has 1 N–H and O–H groups in total. The molecule has 2 atom stereocenters. The molecule has 0 bridgehead atoms. The topological polar surface area (TPSA) is 21.3 Å². The Balaban J connectivity index is 1.89. The van der Waals surface area contributed by atoms with E-state index >= 15 is 0 Å². The molecule has 2 nitrogen and oxygen atoms in total. The van der Waals surface area contributed by atoms with Gasteiger partial charge < -0.3 is 10.1 Å². The van der Waals surface area contributed by atoms with E-state index in [9.17, 15) is 0 Å². The van der Waals surface area contributed by atoms with E-state index in [-0.39, 0.29) is 0 Å². The van der Waals surface area contributed by atoms with E-state index in [0.717, 1.165) is 31.2 Å². The Morgan fingerprint density at radius 2 is 2.16 bits per heavy atom. The fourth-order valence-electron chi connectivity index (χ4n) is 2.65. The molecule has 1 aliphatic rings. The summed E-state index contributed by atoms with van der Waals surface area (Å²) in [6.07, 6.45) is 4.83. The minimum Gasteiger partial charge on any atom is -0.381 e. The van der Waals surface area contributed by atoms with E-state index in [1.54, 1.807) is 0 Å². The highest BCUT2D eigenvalue weighted by molar-refractivity contribution is 6.30. The quantitative estimate of drug-likeness (QED) is 0.844. The lowest BCUT2D eigenvalue weighted by Gasteiger charge is -2.26. The molecular formula is C16H24ClNO. The normalized spacial score (nSPS) is 21.3. The number of nitrogens with one attached hydrogen (secondary N) is 1. The zero-order valence-corrected chi connectivity index (χ0v) is 12.5. The van der Waals surface area contributed by atoms with E-state index in [1.807, 2.05) is 12.1 Å².